The summed E-state index contributed by atoms with van der Waals surface area (Å²) in [6, 6.07) is 13.1. The maximum atomic E-state index is 12.4. The summed E-state index contributed by atoms with van der Waals surface area (Å²) in [4.78, 5) is 23.5. The first kappa shape index (κ1) is 18.8. The summed E-state index contributed by atoms with van der Waals surface area (Å²) in [6.07, 6.45) is 3.53. The molecule has 0 atom stereocenters. The van der Waals surface area contributed by atoms with Crippen molar-refractivity contribution in [1.29, 1.82) is 0 Å². The van der Waals surface area contributed by atoms with Crippen LogP contribution in [0.15, 0.2) is 53.6 Å². The highest BCUT2D eigenvalue weighted by atomic mass is 32.2. The van der Waals surface area contributed by atoms with Gasteiger partial charge >= 0.3 is 0 Å². The third-order valence-electron chi connectivity index (χ3n) is 3.62. The Kier molecular flexibility index (Phi) is 6.42. The Morgan fingerprint density at radius 3 is 2.24 bits per heavy atom. The number of hydrogen-bond donors (Lipinski definition) is 2. The normalized spacial score (nSPS) is 11.1. The Labute approximate surface area is 152 Å². The maximum absolute atomic E-state index is 12.4. The van der Waals surface area contributed by atoms with Crippen LogP contribution in [0.2, 0.25) is 0 Å². The average Bonchev–Trinajstić information content (AvgIpc) is 2.56. The van der Waals surface area contributed by atoms with Crippen molar-refractivity contribution < 1.29 is 9.59 Å². The quantitative estimate of drug-likeness (QED) is 0.580. The number of carbonyl (C=O) groups excluding carboxylic acids is 2. The number of carbonyl (C=O) groups is 2. The van der Waals surface area contributed by atoms with Crippen LogP contribution < -0.4 is 10.6 Å². The third kappa shape index (κ3) is 5.50. The van der Waals surface area contributed by atoms with Crippen molar-refractivity contribution >= 4 is 34.8 Å². The van der Waals surface area contributed by atoms with Gasteiger partial charge in [-0.2, -0.15) is 0 Å². The molecule has 0 saturated heterocycles. The maximum Gasteiger partial charge on any atom is 0.221 e. The first-order valence-electron chi connectivity index (χ1n) is 7.91. The summed E-state index contributed by atoms with van der Waals surface area (Å²) in [5.41, 5.74) is 4.41. The topological polar surface area (TPSA) is 58.2 Å². The Morgan fingerprint density at radius 1 is 1.00 bits per heavy atom. The molecular weight excluding hydrogens is 332 g/mol. The van der Waals surface area contributed by atoms with Gasteiger partial charge in [0, 0.05) is 29.9 Å². The van der Waals surface area contributed by atoms with Gasteiger partial charge in [0.2, 0.25) is 5.91 Å². The molecule has 2 N–H and O–H groups in total. The molecule has 1 amide bonds. The van der Waals surface area contributed by atoms with Gasteiger partial charge < -0.3 is 10.6 Å². The second-order valence-electron chi connectivity index (χ2n) is 5.78. The van der Waals surface area contributed by atoms with Crippen molar-refractivity contribution in [3.8, 4) is 0 Å². The minimum Gasteiger partial charge on any atom is -0.350 e. The zero-order valence-corrected chi connectivity index (χ0v) is 15.7. The molecular formula is C20H22N2O2S. The molecule has 0 fully saturated rings. The van der Waals surface area contributed by atoms with E-state index >= 15 is 0 Å². The molecule has 25 heavy (non-hydrogen) atoms. The average molecular weight is 354 g/mol. The first-order chi connectivity index (χ1) is 11.9. The SMILES string of the molecule is CS/C(=C\C(=O)c1ccc(C)cc1)Nc1ccc(NC(C)=O)cc1C. The van der Waals surface area contributed by atoms with Crippen molar-refractivity contribution in [2.75, 3.05) is 16.9 Å². The van der Waals surface area contributed by atoms with Crippen molar-refractivity contribution in [1.82, 2.24) is 0 Å². The van der Waals surface area contributed by atoms with Gasteiger partial charge in [0.25, 0.3) is 0 Å². The van der Waals surface area contributed by atoms with Gasteiger partial charge in [-0.15, -0.1) is 11.8 Å². The van der Waals surface area contributed by atoms with Crippen LogP contribution >= 0.6 is 11.8 Å². The minimum atomic E-state index is -0.103. The van der Waals surface area contributed by atoms with E-state index in [2.05, 4.69) is 10.6 Å². The standard InChI is InChI=1S/C20H22N2O2S/c1-13-5-7-16(8-6-13)19(24)12-20(25-4)22-18-10-9-17(11-14(18)2)21-15(3)23/h5-12,22H,1-4H3,(H,21,23)/b20-12-. The first-order valence-corrected chi connectivity index (χ1v) is 9.13. The van der Waals surface area contributed by atoms with Crippen molar-refractivity contribution in [3.05, 3.63) is 70.3 Å². The Balaban J connectivity index is 2.17. The molecule has 130 valence electrons. The van der Waals surface area contributed by atoms with Crippen LogP contribution in [0.5, 0.6) is 0 Å². The van der Waals surface area contributed by atoms with Gasteiger partial charge in [-0.3, -0.25) is 9.59 Å². The Bertz CT molecular complexity index is 811. The summed E-state index contributed by atoms with van der Waals surface area (Å²) >= 11 is 1.47. The molecule has 4 nitrogen and oxygen atoms in total. The molecule has 0 heterocycles. The van der Waals surface area contributed by atoms with Crippen LogP contribution in [-0.2, 0) is 4.79 Å². The lowest BCUT2D eigenvalue weighted by Gasteiger charge is -2.13. The van der Waals surface area contributed by atoms with E-state index in [9.17, 15) is 9.59 Å². The molecule has 0 aliphatic rings. The third-order valence-corrected chi connectivity index (χ3v) is 4.28. The molecule has 0 aliphatic carbocycles. The number of amides is 1. The molecule has 0 aliphatic heterocycles. The second kappa shape index (κ2) is 8.53. The molecule has 0 radical (unpaired) electrons. The predicted molar refractivity (Wildman–Crippen MR) is 106 cm³/mol. The summed E-state index contributed by atoms with van der Waals surface area (Å²) in [6.45, 7) is 5.42. The number of benzene rings is 2. The van der Waals surface area contributed by atoms with E-state index in [0.717, 1.165) is 27.5 Å². The number of nitrogens with one attached hydrogen (secondary N) is 2. The summed E-state index contributed by atoms with van der Waals surface area (Å²) in [7, 11) is 0. The number of anilines is 2. The largest absolute Gasteiger partial charge is 0.350 e. The fraction of sp³-hybridized carbons (Fsp3) is 0.200. The van der Waals surface area contributed by atoms with Crippen LogP contribution in [0.25, 0.3) is 0 Å². The number of hydrogen-bond acceptors (Lipinski definition) is 4. The van der Waals surface area contributed by atoms with Crippen LogP contribution in [-0.4, -0.2) is 17.9 Å². The summed E-state index contributed by atoms with van der Waals surface area (Å²) in [5.74, 6) is -0.141. The van der Waals surface area contributed by atoms with Gasteiger partial charge in [0.05, 0.1) is 5.03 Å². The lowest BCUT2D eigenvalue weighted by Crippen LogP contribution is -2.07. The van der Waals surface area contributed by atoms with E-state index in [-0.39, 0.29) is 11.7 Å². The van der Waals surface area contributed by atoms with Crippen molar-refractivity contribution in [2.45, 2.75) is 20.8 Å². The molecule has 0 saturated carbocycles. The van der Waals surface area contributed by atoms with E-state index in [1.807, 2.05) is 62.6 Å². The fourth-order valence-corrected chi connectivity index (χ4v) is 2.72. The highest BCUT2D eigenvalue weighted by Gasteiger charge is 2.07. The number of thioether (sulfide) groups is 1. The predicted octanol–water partition coefficient (Wildman–Crippen LogP) is 4.76. The summed E-state index contributed by atoms with van der Waals surface area (Å²) in [5, 5.41) is 6.80. The van der Waals surface area contributed by atoms with E-state index in [1.54, 1.807) is 6.08 Å². The molecule has 0 bridgehead atoms. The van der Waals surface area contributed by atoms with E-state index < -0.39 is 0 Å². The van der Waals surface area contributed by atoms with Crippen LogP contribution in [0.3, 0.4) is 0 Å². The highest BCUT2D eigenvalue weighted by molar-refractivity contribution is 8.02. The lowest BCUT2D eigenvalue weighted by molar-refractivity contribution is -0.114. The van der Waals surface area contributed by atoms with Gasteiger partial charge in [-0.05, 0) is 43.9 Å². The number of allylic oxidation sites excluding steroid dienone is 1. The molecule has 0 spiro atoms. The molecule has 2 aromatic carbocycles. The molecule has 0 unspecified atom stereocenters. The van der Waals surface area contributed by atoms with Gasteiger partial charge in [0.15, 0.2) is 5.78 Å². The van der Waals surface area contributed by atoms with Gasteiger partial charge in [-0.1, -0.05) is 29.8 Å². The van der Waals surface area contributed by atoms with Crippen LogP contribution in [0.1, 0.15) is 28.4 Å². The lowest BCUT2D eigenvalue weighted by atomic mass is 10.1. The van der Waals surface area contributed by atoms with Crippen LogP contribution in [0, 0.1) is 13.8 Å². The van der Waals surface area contributed by atoms with E-state index in [0.29, 0.717) is 5.56 Å². The van der Waals surface area contributed by atoms with E-state index in [1.165, 1.54) is 18.7 Å². The molecule has 5 heteroatoms. The number of rotatable bonds is 6. The zero-order chi connectivity index (χ0) is 18.4. The minimum absolute atomic E-state index is 0.0376. The zero-order valence-electron chi connectivity index (χ0n) is 14.8. The van der Waals surface area contributed by atoms with Gasteiger partial charge in [0.1, 0.15) is 0 Å². The summed E-state index contributed by atoms with van der Waals surface area (Å²) < 4.78 is 0. The monoisotopic (exact) mass is 354 g/mol. The van der Waals surface area contributed by atoms with E-state index in [4.69, 9.17) is 0 Å². The van der Waals surface area contributed by atoms with Crippen molar-refractivity contribution in [3.63, 3.8) is 0 Å². The number of aryl methyl sites for hydroxylation is 2. The van der Waals surface area contributed by atoms with Crippen LogP contribution in [0.4, 0.5) is 11.4 Å². The Hall–Kier alpha value is -2.53. The Morgan fingerprint density at radius 2 is 1.68 bits per heavy atom. The smallest absolute Gasteiger partial charge is 0.221 e. The molecule has 0 aromatic heterocycles. The highest BCUT2D eigenvalue weighted by Crippen LogP contribution is 2.24. The fourth-order valence-electron chi connectivity index (χ4n) is 2.28. The van der Waals surface area contributed by atoms with Gasteiger partial charge in [-0.25, -0.2) is 0 Å². The number of ketones is 1. The van der Waals surface area contributed by atoms with Crippen molar-refractivity contribution in [2.24, 2.45) is 0 Å². The second-order valence-corrected chi connectivity index (χ2v) is 6.63. The molecule has 2 rings (SSSR count). The molecule has 2 aromatic rings.